The Morgan fingerprint density at radius 3 is 2.42 bits per heavy atom. The van der Waals surface area contributed by atoms with E-state index in [-0.39, 0.29) is 0 Å². The van der Waals surface area contributed by atoms with Crippen molar-refractivity contribution in [3.63, 3.8) is 0 Å². The predicted molar refractivity (Wildman–Crippen MR) is 50.3 cm³/mol. The molecule has 0 aliphatic rings. The molecule has 0 N–H and O–H groups in total. The zero-order valence-corrected chi connectivity index (χ0v) is 7.97. The predicted octanol–water partition coefficient (Wildman–Crippen LogP) is 3.04. The lowest BCUT2D eigenvalue weighted by Gasteiger charge is -1.66. The standard InChI is InChI=1S/C5H6S.C4H5NO/c1-5-2-3-6-4-5;1-4-2-5-3-6-4/h2-4H,1H3;2-3H,1H3. The summed E-state index contributed by atoms with van der Waals surface area (Å²) in [5, 5.41) is 4.20. The average molecular weight is 181 g/mol. The Kier molecular flexibility index (Phi) is 3.54. The lowest BCUT2D eigenvalue weighted by atomic mass is 10.4. The van der Waals surface area contributed by atoms with Gasteiger partial charge >= 0.3 is 0 Å². The lowest BCUT2D eigenvalue weighted by molar-refractivity contribution is 0.527. The van der Waals surface area contributed by atoms with Crippen LogP contribution in [0.5, 0.6) is 0 Å². The van der Waals surface area contributed by atoms with E-state index in [1.54, 1.807) is 17.5 Å². The zero-order chi connectivity index (χ0) is 8.81. The van der Waals surface area contributed by atoms with Crippen molar-refractivity contribution in [2.24, 2.45) is 0 Å². The summed E-state index contributed by atoms with van der Waals surface area (Å²) in [5.74, 6) is 0.856. The highest BCUT2D eigenvalue weighted by Crippen LogP contribution is 2.01. The molecule has 2 heterocycles. The summed E-state index contributed by atoms with van der Waals surface area (Å²) in [6.07, 6.45) is 3.08. The second-order valence-corrected chi connectivity index (χ2v) is 3.19. The van der Waals surface area contributed by atoms with Crippen molar-refractivity contribution in [3.8, 4) is 0 Å². The molecule has 0 aromatic carbocycles. The molecule has 0 radical (unpaired) electrons. The third-order valence-corrected chi connectivity index (χ3v) is 2.02. The van der Waals surface area contributed by atoms with E-state index < -0.39 is 0 Å². The van der Waals surface area contributed by atoms with Gasteiger partial charge in [-0.25, -0.2) is 4.98 Å². The van der Waals surface area contributed by atoms with Crippen LogP contribution in [0.4, 0.5) is 0 Å². The molecular formula is C9H11NOS. The molecule has 64 valence electrons. The van der Waals surface area contributed by atoms with Gasteiger partial charge in [0.15, 0.2) is 6.39 Å². The Labute approximate surface area is 75.9 Å². The minimum atomic E-state index is 0.856. The highest BCUT2D eigenvalue weighted by Gasteiger charge is 1.77. The van der Waals surface area contributed by atoms with Crippen molar-refractivity contribution < 1.29 is 4.42 Å². The fourth-order valence-electron chi connectivity index (χ4n) is 0.612. The molecule has 2 aromatic heterocycles. The van der Waals surface area contributed by atoms with Crippen molar-refractivity contribution in [1.82, 2.24) is 4.98 Å². The summed E-state index contributed by atoms with van der Waals surface area (Å²) in [7, 11) is 0. The van der Waals surface area contributed by atoms with Crippen molar-refractivity contribution >= 4 is 11.3 Å². The van der Waals surface area contributed by atoms with Gasteiger partial charge < -0.3 is 4.42 Å². The van der Waals surface area contributed by atoms with Crippen LogP contribution in [0.15, 0.2) is 33.8 Å². The minimum Gasteiger partial charge on any atom is -0.449 e. The van der Waals surface area contributed by atoms with E-state index in [1.165, 1.54) is 12.0 Å². The zero-order valence-electron chi connectivity index (χ0n) is 7.15. The van der Waals surface area contributed by atoms with Crippen LogP contribution in [-0.4, -0.2) is 4.98 Å². The fraction of sp³-hybridized carbons (Fsp3) is 0.222. The highest BCUT2D eigenvalue weighted by atomic mass is 32.1. The number of oxazole rings is 1. The molecule has 2 nitrogen and oxygen atoms in total. The number of aromatic nitrogens is 1. The molecular weight excluding hydrogens is 170 g/mol. The highest BCUT2D eigenvalue weighted by molar-refractivity contribution is 7.07. The van der Waals surface area contributed by atoms with E-state index in [1.807, 2.05) is 6.92 Å². The van der Waals surface area contributed by atoms with Gasteiger partial charge in [0, 0.05) is 0 Å². The van der Waals surface area contributed by atoms with Crippen LogP contribution in [0.3, 0.4) is 0 Å². The van der Waals surface area contributed by atoms with Crippen LogP contribution in [0.2, 0.25) is 0 Å². The first-order chi connectivity index (χ1) is 5.79. The molecule has 3 heteroatoms. The summed E-state index contributed by atoms with van der Waals surface area (Å²) < 4.78 is 4.72. The van der Waals surface area contributed by atoms with Gasteiger partial charge in [0.25, 0.3) is 0 Å². The molecule has 0 atom stereocenters. The largest absolute Gasteiger partial charge is 0.449 e. The Balaban J connectivity index is 0.000000120. The van der Waals surface area contributed by atoms with E-state index in [4.69, 9.17) is 4.42 Å². The number of aryl methyl sites for hydroxylation is 2. The second kappa shape index (κ2) is 4.72. The van der Waals surface area contributed by atoms with Gasteiger partial charge in [0.1, 0.15) is 5.76 Å². The summed E-state index contributed by atoms with van der Waals surface area (Å²) in [6, 6.07) is 2.10. The second-order valence-electron chi connectivity index (χ2n) is 2.41. The Morgan fingerprint density at radius 2 is 2.25 bits per heavy atom. The molecule has 0 amide bonds. The van der Waals surface area contributed by atoms with Crippen LogP contribution in [0.1, 0.15) is 11.3 Å². The number of hydrogen-bond donors (Lipinski definition) is 0. The molecule has 0 saturated carbocycles. The number of hydrogen-bond acceptors (Lipinski definition) is 3. The summed E-state index contributed by atoms with van der Waals surface area (Å²) in [6.45, 7) is 3.95. The van der Waals surface area contributed by atoms with Gasteiger partial charge in [-0.3, -0.25) is 0 Å². The van der Waals surface area contributed by atoms with Crippen molar-refractivity contribution in [1.29, 1.82) is 0 Å². The summed E-state index contributed by atoms with van der Waals surface area (Å²) in [4.78, 5) is 3.66. The lowest BCUT2D eigenvalue weighted by Crippen LogP contribution is -1.50. The molecule has 0 aliphatic carbocycles. The van der Waals surface area contributed by atoms with Crippen LogP contribution in [-0.2, 0) is 0 Å². The number of thiophene rings is 1. The van der Waals surface area contributed by atoms with E-state index in [0.717, 1.165) is 5.76 Å². The molecule has 2 rings (SSSR count). The van der Waals surface area contributed by atoms with Gasteiger partial charge in [-0.05, 0) is 36.2 Å². The minimum absolute atomic E-state index is 0.856. The van der Waals surface area contributed by atoms with Crippen molar-refractivity contribution in [2.75, 3.05) is 0 Å². The van der Waals surface area contributed by atoms with E-state index in [2.05, 4.69) is 28.7 Å². The SMILES string of the molecule is Cc1ccsc1.Cc1cnco1. The van der Waals surface area contributed by atoms with Crippen LogP contribution in [0, 0.1) is 13.8 Å². The number of rotatable bonds is 0. The Hall–Kier alpha value is -1.09. The molecule has 0 unspecified atom stereocenters. The first-order valence-electron chi connectivity index (χ1n) is 3.63. The molecule has 0 spiro atoms. The van der Waals surface area contributed by atoms with E-state index >= 15 is 0 Å². The van der Waals surface area contributed by atoms with Crippen LogP contribution < -0.4 is 0 Å². The van der Waals surface area contributed by atoms with Crippen LogP contribution in [0.25, 0.3) is 0 Å². The summed E-state index contributed by atoms with van der Waals surface area (Å²) in [5.41, 5.74) is 1.36. The maximum Gasteiger partial charge on any atom is 0.180 e. The first kappa shape index (κ1) is 9.00. The molecule has 0 saturated heterocycles. The third-order valence-electron chi connectivity index (χ3n) is 1.22. The molecule has 0 aliphatic heterocycles. The fourth-order valence-corrected chi connectivity index (χ4v) is 1.28. The van der Waals surface area contributed by atoms with E-state index in [0.29, 0.717) is 0 Å². The van der Waals surface area contributed by atoms with Gasteiger partial charge in [-0.1, -0.05) is 0 Å². The smallest absolute Gasteiger partial charge is 0.180 e. The molecule has 0 bridgehead atoms. The molecule has 0 fully saturated rings. The Morgan fingerprint density at radius 1 is 1.42 bits per heavy atom. The van der Waals surface area contributed by atoms with E-state index in [9.17, 15) is 0 Å². The van der Waals surface area contributed by atoms with Gasteiger partial charge in [-0.2, -0.15) is 11.3 Å². The summed E-state index contributed by atoms with van der Waals surface area (Å²) >= 11 is 1.74. The van der Waals surface area contributed by atoms with Crippen LogP contribution >= 0.6 is 11.3 Å². The maximum atomic E-state index is 4.72. The normalized spacial score (nSPS) is 8.83. The maximum absolute atomic E-state index is 4.72. The van der Waals surface area contributed by atoms with Crippen molar-refractivity contribution in [3.05, 3.63) is 40.7 Å². The van der Waals surface area contributed by atoms with Gasteiger partial charge in [0.2, 0.25) is 0 Å². The van der Waals surface area contributed by atoms with Crippen molar-refractivity contribution in [2.45, 2.75) is 13.8 Å². The number of nitrogens with zero attached hydrogens (tertiary/aromatic N) is 1. The first-order valence-corrected chi connectivity index (χ1v) is 4.57. The Bertz CT molecular complexity index is 254. The van der Waals surface area contributed by atoms with Gasteiger partial charge in [-0.15, -0.1) is 0 Å². The molecule has 2 aromatic rings. The third kappa shape index (κ3) is 3.34. The topological polar surface area (TPSA) is 26.0 Å². The average Bonchev–Trinajstić information content (AvgIpc) is 2.63. The molecule has 12 heavy (non-hydrogen) atoms. The quantitative estimate of drug-likeness (QED) is 0.624. The monoisotopic (exact) mass is 181 g/mol. The van der Waals surface area contributed by atoms with Gasteiger partial charge in [0.05, 0.1) is 6.20 Å².